The lowest BCUT2D eigenvalue weighted by molar-refractivity contribution is 0.00658. The summed E-state index contributed by atoms with van der Waals surface area (Å²) in [5.74, 6) is 0.780. The van der Waals surface area contributed by atoms with Crippen molar-refractivity contribution >= 4 is 17.0 Å². The second-order valence-corrected chi connectivity index (χ2v) is 6.11. The first-order valence-corrected chi connectivity index (χ1v) is 7.45. The van der Waals surface area contributed by atoms with Crippen LogP contribution in [0.5, 0.6) is 0 Å². The predicted molar refractivity (Wildman–Crippen MR) is 77.7 cm³/mol. The SMILES string of the molecule is COC1CC(n2c(C3CC3)nc3cc(C(=O)O)ccc32)C1. The van der Waals surface area contributed by atoms with Crippen LogP contribution in [0.1, 0.15) is 53.8 Å². The van der Waals surface area contributed by atoms with Crippen molar-refractivity contribution in [1.29, 1.82) is 0 Å². The number of carboxylic acid groups (broad SMARTS) is 1. The maximum Gasteiger partial charge on any atom is 0.335 e. The maximum absolute atomic E-state index is 11.1. The van der Waals surface area contributed by atoms with Crippen LogP contribution < -0.4 is 0 Å². The van der Waals surface area contributed by atoms with Crippen LogP contribution in [0.4, 0.5) is 0 Å². The van der Waals surface area contributed by atoms with E-state index in [1.807, 2.05) is 6.07 Å². The van der Waals surface area contributed by atoms with E-state index < -0.39 is 5.97 Å². The number of aromatic carboxylic acids is 1. The van der Waals surface area contributed by atoms with Gasteiger partial charge in [0.2, 0.25) is 0 Å². The molecule has 0 amide bonds. The third-order valence-electron chi connectivity index (χ3n) is 4.67. The van der Waals surface area contributed by atoms with Gasteiger partial charge in [0.05, 0.1) is 22.7 Å². The Morgan fingerprint density at radius 1 is 1.38 bits per heavy atom. The lowest BCUT2D eigenvalue weighted by Gasteiger charge is -2.36. The Hall–Kier alpha value is -1.88. The van der Waals surface area contributed by atoms with Gasteiger partial charge in [0.25, 0.3) is 0 Å². The summed E-state index contributed by atoms with van der Waals surface area (Å²) < 4.78 is 7.71. The Morgan fingerprint density at radius 2 is 2.14 bits per heavy atom. The highest BCUT2D eigenvalue weighted by Crippen LogP contribution is 2.45. The molecule has 2 aromatic rings. The average Bonchev–Trinajstić information content (AvgIpc) is 3.20. The first-order valence-electron chi connectivity index (χ1n) is 7.45. The summed E-state index contributed by atoms with van der Waals surface area (Å²) in [4.78, 5) is 15.8. The molecular weight excluding hydrogens is 268 g/mol. The fourth-order valence-electron chi connectivity index (χ4n) is 3.20. The number of hydrogen-bond acceptors (Lipinski definition) is 3. The molecule has 4 rings (SSSR count). The van der Waals surface area contributed by atoms with Crippen LogP contribution in [0.3, 0.4) is 0 Å². The Balaban J connectivity index is 1.79. The van der Waals surface area contributed by atoms with E-state index >= 15 is 0 Å². The summed E-state index contributed by atoms with van der Waals surface area (Å²) in [6.07, 6.45) is 4.76. The highest BCUT2D eigenvalue weighted by Gasteiger charge is 2.37. The van der Waals surface area contributed by atoms with Gasteiger partial charge in [-0.3, -0.25) is 0 Å². The molecule has 5 heteroatoms. The highest BCUT2D eigenvalue weighted by atomic mass is 16.5. The smallest absolute Gasteiger partial charge is 0.335 e. The normalized spacial score (nSPS) is 25.0. The molecule has 0 aliphatic heterocycles. The van der Waals surface area contributed by atoms with E-state index in [4.69, 9.17) is 14.8 Å². The number of imidazole rings is 1. The van der Waals surface area contributed by atoms with E-state index in [2.05, 4.69) is 4.57 Å². The molecular formula is C16H18N2O3. The van der Waals surface area contributed by atoms with Gasteiger partial charge in [-0.1, -0.05) is 0 Å². The second kappa shape index (κ2) is 4.56. The lowest BCUT2D eigenvalue weighted by Crippen LogP contribution is -2.33. The Labute approximate surface area is 122 Å². The molecule has 1 aromatic heterocycles. The molecule has 2 fully saturated rings. The molecule has 2 saturated carbocycles. The van der Waals surface area contributed by atoms with Gasteiger partial charge < -0.3 is 14.4 Å². The van der Waals surface area contributed by atoms with Crippen molar-refractivity contribution in [2.75, 3.05) is 7.11 Å². The van der Waals surface area contributed by atoms with E-state index in [9.17, 15) is 4.79 Å². The topological polar surface area (TPSA) is 64.4 Å². The van der Waals surface area contributed by atoms with Crippen molar-refractivity contribution in [3.05, 3.63) is 29.6 Å². The van der Waals surface area contributed by atoms with Gasteiger partial charge in [-0.05, 0) is 43.9 Å². The Morgan fingerprint density at radius 3 is 2.76 bits per heavy atom. The predicted octanol–water partition coefficient (Wildman–Crippen LogP) is 2.96. The number of methoxy groups -OCH3 is 1. The number of nitrogens with zero attached hydrogens (tertiary/aromatic N) is 2. The number of fused-ring (bicyclic) bond motifs is 1. The van der Waals surface area contributed by atoms with Crippen molar-refractivity contribution in [3.63, 3.8) is 0 Å². The van der Waals surface area contributed by atoms with E-state index in [-0.39, 0.29) is 0 Å². The van der Waals surface area contributed by atoms with Gasteiger partial charge >= 0.3 is 5.97 Å². The molecule has 0 atom stereocenters. The van der Waals surface area contributed by atoms with E-state index in [1.54, 1.807) is 19.2 Å². The molecule has 0 saturated heterocycles. The minimum absolute atomic E-state index is 0.304. The van der Waals surface area contributed by atoms with Gasteiger partial charge in [-0.2, -0.15) is 0 Å². The van der Waals surface area contributed by atoms with Gasteiger partial charge in [0, 0.05) is 19.1 Å². The molecule has 0 unspecified atom stereocenters. The average molecular weight is 286 g/mol. The van der Waals surface area contributed by atoms with Crippen molar-refractivity contribution in [3.8, 4) is 0 Å². The molecule has 1 aromatic carbocycles. The molecule has 1 heterocycles. The summed E-state index contributed by atoms with van der Waals surface area (Å²) >= 11 is 0. The summed E-state index contributed by atoms with van der Waals surface area (Å²) in [5.41, 5.74) is 2.16. The van der Waals surface area contributed by atoms with Crippen LogP contribution in [0, 0.1) is 0 Å². The van der Waals surface area contributed by atoms with Crippen LogP contribution in [-0.2, 0) is 4.74 Å². The third-order valence-corrected chi connectivity index (χ3v) is 4.67. The minimum Gasteiger partial charge on any atom is -0.478 e. The molecule has 0 bridgehead atoms. The van der Waals surface area contributed by atoms with Gasteiger partial charge in [-0.25, -0.2) is 9.78 Å². The molecule has 110 valence electrons. The van der Waals surface area contributed by atoms with E-state index in [0.29, 0.717) is 23.6 Å². The van der Waals surface area contributed by atoms with Crippen LogP contribution in [0.15, 0.2) is 18.2 Å². The van der Waals surface area contributed by atoms with Crippen LogP contribution in [-0.4, -0.2) is 33.8 Å². The number of hydrogen-bond donors (Lipinski definition) is 1. The molecule has 21 heavy (non-hydrogen) atoms. The number of carboxylic acids is 1. The maximum atomic E-state index is 11.1. The Bertz CT molecular complexity index is 712. The largest absolute Gasteiger partial charge is 0.478 e. The number of carbonyl (C=O) groups is 1. The molecule has 5 nitrogen and oxygen atoms in total. The second-order valence-electron chi connectivity index (χ2n) is 6.11. The number of rotatable bonds is 4. The zero-order valence-corrected chi connectivity index (χ0v) is 12.0. The highest BCUT2D eigenvalue weighted by molar-refractivity contribution is 5.92. The summed E-state index contributed by atoms with van der Waals surface area (Å²) in [6.45, 7) is 0. The van der Waals surface area contributed by atoms with Gasteiger partial charge in [-0.15, -0.1) is 0 Å². The van der Waals surface area contributed by atoms with Crippen LogP contribution in [0.25, 0.3) is 11.0 Å². The zero-order valence-electron chi connectivity index (χ0n) is 12.0. The fourth-order valence-corrected chi connectivity index (χ4v) is 3.20. The number of aromatic nitrogens is 2. The summed E-state index contributed by atoms with van der Waals surface area (Å²) in [7, 11) is 1.76. The lowest BCUT2D eigenvalue weighted by atomic mass is 9.88. The van der Waals surface area contributed by atoms with Crippen LogP contribution in [0.2, 0.25) is 0 Å². The zero-order chi connectivity index (χ0) is 14.6. The quantitative estimate of drug-likeness (QED) is 0.938. The monoisotopic (exact) mass is 286 g/mol. The standard InChI is InChI=1S/C16H18N2O3/c1-21-12-7-11(8-12)18-14-5-4-10(16(19)20)6-13(14)17-15(18)9-2-3-9/h4-6,9,11-12H,2-3,7-8H2,1H3,(H,19,20). The molecule has 2 aliphatic rings. The number of ether oxygens (including phenoxy) is 1. The van der Waals surface area contributed by atoms with Gasteiger partial charge in [0.15, 0.2) is 0 Å². The Kier molecular flexibility index (Phi) is 2.79. The molecule has 0 spiro atoms. The summed E-state index contributed by atoms with van der Waals surface area (Å²) in [6, 6.07) is 5.70. The van der Waals surface area contributed by atoms with Gasteiger partial charge in [0.1, 0.15) is 5.82 Å². The van der Waals surface area contributed by atoms with Crippen molar-refractivity contribution in [2.45, 2.75) is 43.7 Å². The van der Waals surface area contributed by atoms with Crippen LogP contribution >= 0.6 is 0 Å². The van der Waals surface area contributed by atoms with E-state index in [1.165, 1.54) is 12.8 Å². The van der Waals surface area contributed by atoms with Crippen molar-refractivity contribution < 1.29 is 14.6 Å². The first kappa shape index (κ1) is 12.8. The third kappa shape index (κ3) is 2.03. The molecule has 1 N–H and O–H groups in total. The van der Waals surface area contributed by atoms with E-state index in [0.717, 1.165) is 29.7 Å². The fraction of sp³-hybridized carbons (Fsp3) is 0.500. The van der Waals surface area contributed by atoms with Crippen molar-refractivity contribution in [1.82, 2.24) is 9.55 Å². The number of benzene rings is 1. The molecule has 2 aliphatic carbocycles. The summed E-state index contributed by atoms with van der Waals surface area (Å²) in [5, 5.41) is 9.12. The molecule has 0 radical (unpaired) electrons. The minimum atomic E-state index is -0.900. The first-order chi connectivity index (χ1) is 10.2. The van der Waals surface area contributed by atoms with Crippen molar-refractivity contribution in [2.24, 2.45) is 0 Å².